The van der Waals surface area contributed by atoms with Crippen LogP contribution in [0.2, 0.25) is 0 Å². The Labute approximate surface area is 666 Å². The third-order valence-electron chi connectivity index (χ3n) is 16.8. The lowest BCUT2D eigenvalue weighted by Crippen LogP contribution is -2.30. The zero-order valence-corrected chi connectivity index (χ0v) is 70.1. The number of hydrogen-bond donors (Lipinski definition) is 3. The highest BCUT2D eigenvalue weighted by Gasteiger charge is 2.30. The van der Waals surface area contributed by atoms with Crippen molar-refractivity contribution in [1.29, 1.82) is 0 Å². The number of hydrogen-bond acceptors (Lipinski definition) is 15. The van der Waals surface area contributed by atoms with Gasteiger partial charge in [0.25, 0.3) is 0 Å². The van der Waals surface area contributed by atoms with Crippen molar-refractivity contribution in [2.75, 3.05) is 39.6 Å². The van der Waals surface area contributed by atoms with E-state index in [-0.39, 0.29) is 25.7 Å². The fraction of sp³-hybridized carbons (Fsp3) is 0.626. The molecule has 0 aliphatic heterocycles. The maximum Gasteiger partial charge on any atom is 0.472 e. The van der Waals surface area contributed by atoms with Crippen molar-refractivity contribution < 1.29 is 80.2 Å². The molecule has 0 rings (SSSR count). The molecule has 17 nitrogen and oxygen atoms in total. The molecule has 0 aliphatic rings. The SMILES string of the molecule is CC/C=C\C/C=C\C/C=C\C/C=C\C/C=C\CCCCCC(=O)OC[C@H](COP(=O)(O)OC[C@@H](O)COP(=O)(O)OC[C@@H](COC(=O)CCC/C=C\C/C=C\C/C=C\C/C=C\CCCCC)OC(=O)CC/C=C\C/C=C\C/C=C\C/C=C\C/C=C\CCCCC)OC(=O)CCCCCCCCC/C=C\CCCCCC. The van der Waals surface area contributed by atoms with Gasteiger partial charge in [-0.05, 0) is 173 Å². The van der Waals surface area contributed by atoms with Crippen molar-refractivity contribution in [3.8, 4) is 0 Å². The van der Waals surface area contributed by atoms with Gasteiger partial charge >= 0.3 is 39.5 Å². The lowest BCUT2D eigenvalue weighted by atomic mass is 10.1. The number of allylic oxidation sites excluding steroid dienone is 30. The minimum atomic E-state index is -5.02. The second-order valence-corrected chi connectivity index (χ2v) is 30.2. The molecule has 19 heteroatoms. The summed E-state index contributed by atoms with van der Waals surface area (Å²) < 4.78 is 68.6. The van der Waals surface area contributed by atoms with Crippen molar-refractivity contribution in [2.45, 2.75) is 329 Å². The highest BCUT2D eigenvalue weighted by atomic mass is 31.2. The number of phosphoric ester groups is 2. The maximum atomic E-state index is 13.1. The van der Waals surface area contributed by atoms with Crippen LogP contribution in [-0.4, -0.2) is 96.7 Å². The highest BCUT2D eigenvalue weighted by molar-refractivity contribution is 7.47. The fourth-order valence-electron chi connectivity index (χ4n) is 10.5. The number of carbonyl (C=O) groups excluding carboxylic acids is 4. The molecule has 0 aliphatic carbocycles. The second kappa shape index (κ2) is 81.2. The molecule has 624 valence electrons. The van der Waals surface area contributed by atoms with E-state index in [2.05, 4.69) is 180 Å². The van der Waals surface area contributed by atoms with E-state index in [1.165, 1.54) is 64.2 Å². The first kappa shape index (κ1) is 104. The van der Waals surface area contributed by atoms with Crippen LogP contribution >= 0.6 is 15.6 Å². The molecule has 0 aromatic rings. The van der Waals surface area contributed by atoms with E-state index in [1.807, 2.05) is 30.4 Å². The summed E-state index contributed by atoms with van der Waals surface area (Å²) in [5.41, 5.74) is 0. The molecule has 0 fully saturated rings. The van der Waals surface area contributed by atoms with E-state index >= 15 is 0 Å². The number of ether oxygens (including phenoxy) is 4. The topological polar surface area (TPSA) is 237 Å². The number of aliphatic hydroxyl groups is 1. The first-order chi connectivity index (χ1) is 53.7. The summed E-state index contributed by atoms with van der Waals surface area (Å²) in [5, 5.41) is 10.7. The largest absolute Gasteiger partial charge is 0.472 e. The normalized spacial score (nSPS) is 14.7. The van der Waals surface area contributed by atoms with Gasteiger partial charge in [0.05, 0.1) is 26.4 Å². The monoisotopic (exact) mass is 1580 g/mol. The fourth-order valence-corrected chi connectivity index (χ4v) is 12.0. The molecule has 0 radical (unpaired) electrons. The molecule has 0 saturated carbocycles. The zero-order valence-electron chi connectivity index (χ0n) is 68.4. The van der Waals surface area contributed by atoms with Crippen LogP contribution < -0.4 is 0 Å². The molecule has 0 heterocycles. The van der Waals surface area contributed by atoms with Crippen LogP contribution in [-0.2, 0) is 65.4 Å². The standard InChI is InChI=1S/C91H148O17P2/c1-5-9-13-17-21-25-29-33-37-40-42-45-49-52-56-60-64-68-72-76-89(94)102-81-86(107-90(95)77-73-69-65-61-57-53-47-36-32-28-24-20-16-12-8-4)83-105-109(97,98)103-79-85(92)80-104-110(99,100)106-84-87(82-101-88(93)75-71-67-63-59-55-51-48-44-39-35-31-27-23-19-15-11-7-3)108-91(96)78-74-70-66-62-58-54-50-46-43-41-38-34-30-26-22-18-14-10-6-2/h9,13,21-23,25-28,32-35,37-39,42-43,45-46,48,51-52,54,56,58-59,63,66,70,85-87,92H,5-8,10-12,14-20,24,29-31,36,40-41,44,47,49-50,53,55,57,60-62,64-65,67-69,71-84H2,1-4H3,(H,97,98)(H,99,100)/b13-9-,25-21-,26-22-,27-23-,32-28-,37-33-,38-34-,39-35-,45-42-,46-43-,51-48-,56-52-,58-54-,63-59-,70-66-/t85-,86-,87-/m1/s1. The zero-order chi connectivity index (χ0) is 80.3. The van der Waals surface area contributed by atoms with Crippen LogP contribution in [0.1, 0.15) is 310 Å². The van der Waals surface area contributed by atoms with Crippen LogP contribution in [0.25, 0.3) is 0 Å². The summed E-state index contributed by atoms with van der Waals surface area (Å²) in [6.07, 6.45) is 98.8. The van der Waals surface area contributed by atoms with Gasteiger partial charge in [-0.25, -0.2) is 9.13 Å². The third kappa shape index (κ3) is 80.2. The molecular weight excluding hydrogens is 1430 g/mol. The summed E-state index contributed by atoms with van der Waals surface area (Å²) in [6, 6.07) is 0. The van der Waals surface area contributed by atoms with E-state index in [1.54, 1.807) is 0 Å². The molecular formula is C91H148O17P2. The summed E-state index contributed by atoms with van der Waals surface area (Å²) in [7, 11) is -10.0. The minimum absolute atomic E-state index is 0.0472. The number of carbonyl (C=O) groups is 4. The van der Waals surface area contributed by atoms with Gasteiger partial charge in [0.2, 0.25) is 0 Å². The van der Waals surface area contributed by atoms with Gasteiger partial charge in [0.1, 0.15) is 19.3 Å². The van der Waals surface area contributed by atoms with Crippen LogP contribution in [0.3, 0.4) is 0 Å². The van der Waals surface area contributed by atoms with Crippen molar-refractivity contribution in [3.05, 3.63) is 182 Å². The molecule has 5 atom stereocenters. The van der Waals surface area contributed by atoms with Crippen LogP contribution in [0.4, 0.5) is 0 Å². The van der Waals surface area contributed by atoms with E-state index in [4.69, 9.17) is 37.0 Å². The van der Waals surface area contributed by atoms with Crippen molar-refractivity contribution >= 4 is 39.5 Å². The van der Waals surface area contributed by atoms with Crippen LogP contribution in [0, 0.1) is 0 Å². The smallest absolute Gasteiger partial charge is 0.462 e. The first-order valence-corrected chi connectivity index (χ1v) is 45.0. The van der Waals surface area contributed by atoms with Crippen LogP contribution in [0.5, 0.6) is 0 Å². The lowest BCUT2D eigenvalue weighted by Gasteiger charge is -2.21. The van der Waals surface area contributed by atoms with Gasteiger partial charge in [0, 0.05) is 25.7 Å². The van der Waals surface area contributed by atoms with E-state index in [9.17, 15) is 43.2 Å². The Morgan fingerprint density at radius 2 is 0.500 bits per heavy atom. The lowest BCUT2D eigenvalue weighted by molar-refractivity contribution is -0.161. The number of aliphatic hydroxyl groups excluding tert-OH is 1. The minimum Gasteiger partial charge on any atom is -0.462 e. The van der Waals surface area contributed by atoms with Gasteiger partial charge in [-0.1, -0.05) is 293 Å². The van der Waals surface area contributed by atoms with Gasteiger partial charge < -0.3 is 33.8 Å². The van der Waals surface area contributed by atoms with Crippen molar-refractivity contribution in [1.82, 2.24) is 0 Å². The predicted octanol–water partition coefficient (Wildman–Crippen LogP) is 25.1. The number of phosphoric acid groups is 2. The number of unbranched alkanes of at least 4 members (excludes halogenated alkanes) is 21. The average molecular weight is 1580 g/mol. The molecule has 0 spiro atoms. The van der Waals surface area contributed by atoms with E-state index in [0.717, 1.165) is 154 Å². The molecule has 0 saturated heterocycles. The number of esters is 4. The van der Waals surface area contributed by atoms with E-state index < -0.39 is 97.5 Å². The Morgan fingerprint density at radius 1 is 0.264 bits per heavy atom. The molecule has 110 heavy (non-hydrogen) atoms. The Bertz CT molecular complexity index is 2800. The summed E-state index contributed by atoms with van der Waals surface area (Å²) in [4.78, 5) is 73.2. The highest BCUT2D eigenvalue weighted by Crippen LogP contribution is 2.45. The Morgan fingerprint density at radius 3 is 0.855 bits per heavy atom. The second-order valence-electron chi connectivity index (χ2n) is 27.3. The van der Waals surface area contributed by atoms with Crippen LogP contribution in [0.15, 0.2) is 182 Å². The molecule has 0 aromatic carbocycles. The summed E-state index contributed by atoms with van der Waals surface area (Å²) in [5.74, 6) is -2.39. The maximum absolute atomic E-state index is 13.1. The van der Waals surface area contributed by atoms with Crippen molar-refractivity contribution in [2.24, 2.45) is 0 Å². The molecule has 2 unspecified atom stereocenters. The summed E-state index contributed by atoms with van der Waals surface area (Å²) in [6.45, 7) is 4.50. The summed E-state index contributed by atoms with van der Waals surface area (Å²) >= 11 is 0. The Hall–Kier alpha value is -5.84. The molecule has 0 bridgehead atoms. The van der Waals surface area contributed by atoms with Gasteiger partial charge in [-0.2, -0.15) is 0 Å². The van der Waals surface area contributed by atoms with Gasteiger partial charge in [-0.15, -0.1) is 0 Å². The third-order valence-corrected chi connectivity index (χ3v) is 18.7. The number of rotatable bonds is 77. The quantitative estimate of drug-likeness (QED) is 0.0169. The predicted molar refractivity (Wildman–Crippen MR) is 454 cm³/mol. The van der Waals surface area contributed by atoms with Gasteiger partial charge in [-0.3, -0.25) is 37.3 Å². The molecule has 0 amide bonds. The molecule has 0 aromatic heterocycles. The Kier molecular flexibility index (Phi) is 76.9. The van der Waals surface area contributed by atoms with Gasteiger partial charge in [0.15, 0.2) is 12.2 Å². The molecule has 3 N–H and O–H groups in total. The van der Waals surface area contributed by atoms with E-state index in [0.29, 0.717) is 38.5 Å². The Balaban J connectivity index is 5.54. The first-order valence-electron chi connectivity index (χ1n) is 42.0. The van der Waals surface area contributed by atoms with Crippen molar-refractivity contribution in [3.63, 3.8) is 0 Å². The average Bonchev–Trinajstić information content (AvgIpc) is 0.882.